The first kappa shape index (κ1) is 16.9. The van der Waals surface area contributed by atoms with E-state index in [4.69, 9.17) is 9.47 Å². The number of rotatable bonds is 4. The average molecular weight is 354 g/mol. The molecule has 6 heteroatoms. The topological polar surface area (TPSA) is 69.7 Å². The normalized spacial score (nSPS) is 10.5. The Morgan fingerprint density at radius 1 is 0.840 bits per heavy atom. The zero-order valence-electron chi connectivity index (χ0n) is 13.6. The lowest BCUT2D eigenvalue weighted by molar-refractivity contribution is 0.0561. The van der Waals surface area contributed by atoms with Crippen LogP contribution in [0.25, 0.3) is 10.1 Å². The first-order chi connectivity index (χ1) is 12.1. The summed E-state index contributed by atoms with van der Waals surface area (Å²) in [7, 11) is 2.49. The fourth-order valence-corrected chi connectivity index (χ4v) is 3.63. The molecule has 3 aromatic rings. The molecule has 0 atom stereocenters. The van der Waals surface area contributed by atoms with Gasteiger partial charge in [0.1, 0.15) is 4.88 Å². The van der Waals surface area contributed by atoms with Gasteiger partial charge in [-0.3, -0.25) is 4.79 Å². The van der Waals surface area contributed by atoms with E-state index in [1.807, 2.05) is 6.07 Å². The third-order valence-corrected chi connectivity index (χ3v) is 4.90. The zero-order valence-corrected chi connectivity index (χ0v) is 14.4. The Labute approximate surface area is 147 Å². The standard InChI is InChI=1S/C19H14O5S/c1-23-18(21)15-13-10-12(16(20)11-6-4-3-5-7-11)8-9-14(13)25-17(15)19(22)24-2/h3-10H,1-2H3. The summed E-state index contributed by atoms with van der Waals surface area (Å²) in [6.45, 7) is 0. The molecule has 0 unspecified atom stereocenters. The maximum absolute atomic E-state index is 12.6. The van der Waals surface area contributed by atoms with Crippen LogP contribution >= 0.6 is 11.3 Å². The number of hydrogen-bond donors (Lipinski definition) is 0. The number of ketones is 1. The molecule has 0 bridgehead atoms. The summed E-state index contributed by atoms with van der Waals surface area (Å²) < 4.78 is 10.2. The number of benzene rings is 2. The fraction of sp³-hybridized carbons (Fsp3) is 0.105. The van der Waals surface area contributed by atoms with Gasteiger partial charge >= 0.3 is 11.9 Å². The molecular formula is C19H14O5S. The molecule has 2 aromatic carbocycles. The molecule has 5 nitrogen and oxygen atoms in total. The number of hydrogen-bond acceptors (Lipinski definition) is 6. The van der Waals surface area contributed by atoms with Crippen molar-refractivity contribution in [2.45, 2.75) is 0 Å². The molecule has 0 amide bonds. The van der Waals surface area contributed by atoms with Crippen LogP contribution < -0.4 is 0 Å². The van der Waals surface area contributed by atoms with Crippen molar-refractivity contribution >= 4 is 39.1 Å². The van der Waals surface area contributed by atoms with Gasteiger partial charge in [-0.25, -0.2) is 9.59 Å². The van der Waals surface area contributed by atoms with Crippen molar-refractivity contribution in [2.75, 3.05) is 14.2 Å². The van der Waals surface area contributed by atoms with Gasteiger partial charge in [0.2, 0.25) is 0 Å². The van der Waals surface area contributed by atoms with E-state index in [-0.39, 0.29) is 16.2 Å². The first-order valence-corrected chi connectivity index (χ1v) is 8.21. The van der Waals surface area contributed by atoms with E-state index in [9.17, 15) is 14.4 Å². The number of methoxy groups -OCH3 is 2. The van der Waals surface area contributed by atoms with Gasteiger partial charge in [0.25, 0.3) is 0 Å². The molecule has 0 N–H and O–H groups in total. The molecule has 0 saturated carbocycles. The van der Waals surface area contributed by atoms with E-state index in [1.54, 1.807) is 42.5 Å². The molecule has 126 valence electrons. The smallest absolute Gasteiger partial charge is 0.348 e. The summed E-state index contributed by atoms with van der Waals surface area (Å²) in [5.74, 6) is -1.42. The van der Waals surface area contributed by atoms with E-state index >= 15 is 0 Å². The summed E-state index contributed by atoms with van der Waals surface area (Å²) in [6.07, 6.45) is 0. The van der Waals surface area contributed by atoms with Gasteiger partial charge in [0, 0.05) is 21.2 Å². The van der Waals surface area contributed by atoms with Crippen LogP contribution in [0.2, 0.25) is 0 Å². The minimum atomic E-state index is -0.643. The molecule has 0 aliphatic rings. The summed E-state index contributed by atoms with van der Waals surface area (Å²) in [4.78, 5) is 36.9. The molecule has 0 saturated heterocycles. The van der Waals surface area contributed by atoms with Crippen LogP contribution in [0.1, 0.15) is 36.0 Å². The minimum absolute atomic E-state index is 0.122. The van der Waals surface area contributed by atoms with Crippen LogP contribution in [0.15, 0.2) is 48.5 Å². The molecule has 1 aromatic heterocycles. The van der Waals surface area contributed by atoms with E-state index in [0.29, 0.717) is 21.2 Å². The van der Waals surface area contributed by atoms with Crippen molar-refractivity contribution in [3.63, 3.8) is 0 Å². The monoisotopic (exact) mass is 354 g/mol. The summed E-state index contributed by atoms with van der Waals surface area (Å²) in [6, 6.07) is 13.8. The zero-order chi connectivity index (χ0) is 18.0. The Morgan fingerprint density at radius 2 is 1.52 bits per heavy atom. The Morgan fingerprint density at radius 3 is 2.16 bits per heavy atom. The maximum Gasteiger partial charge on any atom is 0.348 e. The summed E-state index contributed by atoms with van der Waals surface area (Å²) in [5, 5.41) is 0.499. The van der Waals surface area contributed by atoms with Crippen LogP contribution in [0.5, 0.6) is 0 Å². The van der Waals surface area contributed by atoms with E-state index in [2.05, 4.69) is 0 Å². The third-order valence-electron chi connectivity index (χ3n) is 3.75. The largest absolute Gasteiger partial charge is 0.465 e. The minimum Gasteiger partial charge on any atom is -0.465 e. The molecule has 25 heavy (non-hydrogen) atoms. The van der Waals surface area contributed by atoms with Crippen molar-refractivity contribution in [3.8, 4) is 0 Å². The Hall–Kier alpha value is -2.99. The second-order valence-corrected chi connectivity index (χ2v) is 6.25. The van der Waals surface area contributed by atoms with Crippen molar-refractivity contribution < 1.29 is 23.9 Å². The number of thiophene rings is 1. The third kappa shape index (κ3) is 3.04. The summed E-state index contributed by atoms with van der Waals surface area (Å²) in [5.41, 5.74) is 1.10. The highest BCUT2D eigenvalue weighted by molar-refractivity contribution is 7.21. The summed E-state index contributed by atoms with van der Waals surface area (Å²) >= 11 is 1.13. The van der Waals surface area contributed by atoms with Crippen molar-refractivity contribution in [2.24, 2.45) is 0 Å². The number of carbonyl (C=O) groups is 3. The Kier molecular flexibility index (Phi) is 4.63. The molecule has 1 heterocycles. The number of esters is 2. The average Bonchev–Trinajstić information content (AvgIpc) is 3.05. The predicted octanol–water partition coefficient (Wildman–Crippen LogP) is 3.71. The van der Waals surface area contributed by atoms with Crippen molar-refractivity contribution in [3.05, 3.63) is 70.1 Å². The number of carbonyl (C=O) groups excluding carboxylic acids is 3. The number of fused-ring (bicyclic) bond motifs is 1. The molecule has 0 spiro atoms. The maximum atomic E-state index is 12.6. The lowest BCUT2D eigenvalue weighted by atomic mass is 10.0. The van der Waals surface area contributed by atoms with E-state index < -0.39 is 11.9 Å². The van der Waals surface area contributed by atoms with Gasteiger partial charge in [-0.05, 0) is 18.2 Å². The van der Waals surface area contributed by atoms with Gasteiger partial charge in [-0.15, -0.1) is 11.3 Å². The Balaban J connectivity index is 2.18. The van der Waals surface area contributed by atoms with Crippen LogP contribution in [0.4, 0.5) is 0 Å². The van der Waals surface area contributed by atoms with Gasteiger partial charge < -0.3 is 9.47 Å². The second kappa shape index (κ2) is 6.86. The van der Waals surface area contributed by atoms with Crippen LogP contribution in [-0.4, -0.2) is 31.9 Å². The molecule has 0 aliphatic carbocycles. The molecule has 0 fully saturated rings. The fourth-order valence-electron chi connectivity index (χ4n) is 2.54. The molecule has 0 radical (unpaired) electrons. The Bertz CT molecular complexity index is 972. The molecule has 3 rings (SSSR count). The predicted molar refractivity (Wildman–Crippen MR) is 94.4 cm³/mol. The second-order valence-electron chi connectivity index (χ2n) is 5.20. The molecule has 0 aliphatic heterocycles. The highest BCUT2D eigenvalue weighted by Crippen LogP contribution is 2.33. The van der Waals surface area contributed by atoms with Crippen molar-refractivity contribution in [1.29, 1.82) is 0 Å². The van der Waals surface area contributed by atoms with Gasteiger partial charge in [0.15, 0.2) is 5.78 Å². The first-order valence-electron chi connectivity index (χ1n) is 7.39. The van der Waals surface area contributed by atoms with Gasteiger partial charge in [-0.2, -0.15) is 0 Å². The van der Waals surface area contributed by atoms with Crippen molar-refractivity contribution in [1.82, 2.24) is 0 Å². The van der Waals surface area contributed by atoms with E-state index in [1.165, 1.54) is 14.2 Å². The van der Waals surface area contributed by atoms with Gasteiger partial charge in [0.05, 0.1) is 19.8 Å². The highest BCUT2D eigenvalue weighted by Gasteiger charge is 2.25. The number of ether oxygens (including phenoxy) is 2. The van der Waals surface area contributed by atoms with Gasteiger partial charge in [-0.1, -0.05) is 30.3 Å². The SMILES string of the molecule is COC(=O)c1sc2ccc(C(=O)c3ccccc3)cc2c1C(=O)OC. The quantitative estimate of drug-likeness (QED) is 0.528. The lowest BCUT2D eigenvalue weighted by Crippen LogP contribution is -2.09. The molecular weight excluding hydrogens is 340 g/mol. The van der Waals surface area contributed by atoms with Crippen LogP contribution in [0.3, 0.4) is 0 Å². The highest BCUT2D eigenvalue weighted by atomic mass is 32.1. The van der Waals surface area contributed by atoms with E-state index in [0.717, 1.165) is 11.3 Å². The lowest BCUT2D eigenvalue weighted by Gasteiger charge is -2.03. The van der Waals surface area contributed by atoms with Crippen LogP contribution in [-0.2, 0) is 9.47 Å². The van der Waals surface area contributed by atoms with Crippen LogP contribution in [0, 0.1) is 0 Å².